The van der Waals surface area contributed by atoms with E-state index in [9.17, 15) is 4.79 Å². The molecule has 0 atom stereocenters. The molecule has 1 aromatic carbocycles. The number of carbonyl (C=O) groups is 1. The van der Waals surface area contributed by atoms with Crippen molar-refractivity contribution >= 4 is 18.3 Å². The third kappa shape index (κ3) is 5.12. The van der Waals surface area contributed by atoms with E-state index in [4.69, 9.17) is 5.84 Å². The minimum atomic E-state index is -0.0443. The second-order valence-electron chi connectivity index (χ2n) is 5.48. The van der Waals surface area contributed by atoms with Gasteiger partial charge in [0, 0.05) is 13.0 Å². The molecule has 1 saturated heterocycles. The minimum absolute atomic E-state index is 0. The molecule has 1 heterocycles. The fraction of sp³-hybridized carbons (Fsp3) is 0.533. The largest absolute Gasteiger partial charge is 0.299 e. The van der Waals surface area contributed by atoms with Crippen molar-refractivity contribution in [3.63, 3.8) is 0 Å². The van der Waals surface area contributed by atoms with Gasteiger partial charge in [0.1, 0.15) is 0 Å². The highest BCUT2D eigenvalue weighted by atomic mass is 35.5. The van der Waals surface area contributed by atoms with Gasteiger partial charge in [0.2, 0.25) is 5.91 Å². The Hall–Kier alpha value is -1.10. The summed E-state index contributed by atoms with van der Waals surface area (Å²) < 4.78 is 0. The maximum atomic E-state index is 11.2. The maximum Gasteiger partial charge on any atom is 0.234 e. The number of likely N-dealkylation sites (tertiary alicyclic amines) is 1. The summed E-state index contributed by atoms with van der Waals surface area (Å²) in [5.74, 6) is 5.56. The monoisotopic (exact) mass is 297 g/mol. The van der Waals surface area contributed by atoms with Crippen LogP contribution in [0.4, 0.5) is 0 Å². The Morgan fingerprint density at radius 2 is 2.10 bits per heavy atom. The Bertz CT molecular complexity index is 431. The van der Waals surface area contributed by atoms with Crippen LogP contribution in [0.3, 0.4) is 0 Å². The number of hydrogen-bond donors (Lipinski definition) is 2. The zero-order chi connectivity index (χ0) is 13.7. The summed E-state index contributed by atoms with van der Waals surface area (Å²) in [4.78, 5) is 13.7. The van der Waals surface area contributed by atoms with Gasteiger partial charge in [0.05, 0.1) is 0 Å². The summed E-state index contributed by atoms with van der Waals surface area (Å²) in [7, 11) is 0. The summed E-state index contributed by atoms with van der Waals surface area (Å²) in [6.07, 6.45) is 2.73. The van der Waals surface area contributed by atoms with Crippen molar-refractivity contribution in [2.45, 2.75) is 32.7 Å². The lowest BCUT2D eigenvalue weighted by Gasteiger charge is -2.31. The number of rotatable bonds is 4. The van der Waals surface area contributed by atoms with Gasteiger partial charge in [0.25, 0.3) is 0 Å². The molecule has 20 heavy (non-hydrogen) atoms. The molecule has 1 aromatic rings. The zero-order valence-electron chi connectivity index (χ0n) is 12.0. The molecule has 1 aliphatic heterocycles. The highest BCUT2D eigenvalue weighted by Gasteiger charge is 2.21. The summed E-state index contributed by atoms with van der Waals surface area (Å²) >= 11 is 0. The van der Waals surface area contributed by atoms with Crippen LogP contribution in [0.1, 0.15) is 30.4 Å². The molecule has 3 N–H and O–H groups in total. The lowest BCUT2D eigenvalue weighted by Crippen LogP contribution is -2.37. The molecule has 112 valence electrons. The number of aryl methyl sites for hydroxylation is 1. The Morgan fingerprint density at radius 3 is 2.70 bits per heavy atom. The fourth-order valence-electron chi connectivity index (χ4n) is 2.74. The van der Waals surface area contributed by atoms with Crippen LogP contribution in [0.2, 0.25) is 0 Å². The highest BCUT2D eigenvalue weighted by molar-refractivity contribution is 5.85. The first-order chi connectivity index (χ1) is 9.17. The molecule has 0 bridgehead atoms. The van der Waals surface area contributed by atoms with Gasteiger partial charge >= 0.3 is 0 Å². The van der Waals surface area contributed by atoms with Gasteiger partial charge in [-0.1, -0.05) is 29.8 Å². The molecule has 1 amide bonds. The van der Waals surface area contributed by atoms with E-state index in [0.717, 1.165) is 32.5 Å². The number of nitrogens with zero attached hydrogens (tertiary/aromatic N) is 1. The maximum absolute atomic E-state index is 11.2. The van der Waals surface area contributed by atoms with Gasteiger partial charge in [-0.3, -0.25) is 15.1 Å². The van der Waals surface area contributed by atoms with Crippen LogP contribution in [0, 0.1) is 12.8 Å². The first kappa shape index (κ1) is 17.0. The quantitative estimate of drug-likeness (QED) is 0.508. The molecule has 0 spiro atoms. The molecule has 5 heteroatoms. The lowest BCUT2D eigenvalue weighted by atomic mass is 9.93. The normalized spacial score (nSPS) is 16.5. The van der Waals surface area contributed by atoms with Crippen LogP contribution in [-0.2, 0) is 11.3 Å². The zero-order valence-corrected chi connectivity index (χ0v) is 12.8. The van der Waals surface area contributed by atoms with Crippen molar-refractivity contribution < 1.29 is 4.79 Å². The molecule has 0 saturated carbocycles. The lowest BCUT2D eigenvalue weighted by molar-refractivity contribution is -0.122. The molecule has 0 radical (unpaired) electrons. The van der Waals surface area contributed by atoms with Gasteiger partial charge in [-0.25, -0.2) is 5.84 Å². The van der Waals surface area contributed by atoms with E-state index in [1.807, 2.05) is 0 Å². The van der Waals surface area contributed by atoms with Gasteiger partial charge in [-0.05, 0) is 44.3 Å². The molecule has 0 aliphatic carbocycles. The van der Waals surface area contributed by atoms with Crippen LogP contribution in [-0.4, -0.2) is 23.9 Å². The summed E-state index contributed by atoms with van der Waals surface area (Å²) in [6, 6.07) is 8.67. The summed E-state index contributed by atoms with van der Waals surface area (Å²) in [6.45, 7) is 5.27. The molecule has 2 rings (SSSR count). The van der Waals surface area contributed by atoms with Gasteiger partial charge < -0.3 is 0 Å². The number of benzene rings is 1. The van der Waals surface area contributed by atoms with E-state index in [1.54, 1.807) is 0 Å². The van der Waals surface area contributed by atoms with E-state index in [-0.39, 0.29) is 18.3 Å². The van der Waals surface area contributed by atoms with Crippen LogP contribution in [0.5, 0.6) is 0 Å². The number of amides is 1. The smallest absolute Gasteiger partial charge is 0.234 e. The van der Waals surface area contributed by atoms with Gasteiger partial charge in [-0.2, -0.15) is 0 Å². The number of hydrogen-bond acceptors (Lipinski definition) is 3. The second kappa shape index (κ2) is 8.25. The second-order valence-corrected chi connectivity index (χ2v) is 5.48. The van der Waals surface area contributed by atoms with E-state index in [2.05, 4.69) is 41.5 Å². The van der Waals surface area contributed by atoms with Crippen LogP contribution in [0.15, 0.2) is 24.3 Å². The number of carbonyl (C=O) groups excluding carboxylic acids is 1. The number of nitrogens with one attached hydrogen (secondary N) is 1. The number of nitrogens with two attached hydrogens (primary N) is 1. The molecular weight excluding hydrogens is 274 g/mol. The van der Waals surface area contributed by atoms with Crippen molar-refractivity contribution in [1.29, 1.82) is 0 Å². The molecule has 0 unspecified atom stereocenters. The standard InChI is InChI=1S/C15H23N3O.ClH/c1-12-3-2-4-14(9-12)11-18-7-5-13(6-8-18)10-15(19)17-16;/h2-4,9,13H,5-8,10-11,16H2,1H3,(H,17,19);1H. The fourth-order valence-corrected chi connectivity index (χ4v) is 2.74. The third-order valence-electron chi connectivity index (χ3n) is 3.83. The Kier molecular flexibility index (Phi) is 6.99. The van der Waals surface area contributed by atoms with Crippen molar-refractivity contribution in [3.05, 3.63) is 35.4 Å². The minimum Gasteiger partial charge on any atom is -0.299 e. The van der Waals surface area contributed by atoms with E-state index in [1.165, 1.54) is 11.1 Å². The van der Waals surface area contributed by atoms with E-state index < -0.39 is 0 Å². The summed E-state index contributed by atoms with van der Waals surface area (Å²) in [5, 5.41) is 0. The molecule has 0 aromatic heterocycles. The molecule has 4 nitrogen and oxygen atoms in total. The van der Waals surface area contributed by atoms with Crippen LogP contribution in [0.25, 0.3) is 0 Å². The molecule has 1 fully saturated rings. The number of piperidine rings is 1. The van der Waals surface area contributed by atoms with Crippen molar-refractivity contribution in [2.75, 3.05) is 13.1 Å². The van der Waals surface area contributed by atoms with Crippen molar-refractivity contribution in [2.24, 2.45) is 11.8 Å². The first-order valence-corrected chi connectivity index (χ1v) is 6.94. The van der Waals surface area contributed by atoms with Gasteiger partial charge in [-0.15, -0.1) is 12.4 Å². The topological polar surface area (TPSA) is 58.4 Å². The highest BCUT2D eigenvalue weighted by Crippen LogP contribution is 2.21. The Balaban J connectivity index is 0.00000200. The Labute approximate surface area is 127 Å². The van der Waals surface area contributed by atoms with Crippen LogP contribution < -0.4 is 11.3 Å². The van der Waals surface area contributed by atoms with Gasteiger partial charge in [0.15, 0.2) is 0 Å². The summed E-state index contributed by atoms with van der Waals surface area (Å²) in [5.41, 5.74) is 4.90. The number of halogens is 1. The number of hydrazine groups is 1. The SMILES string of the molecule is Cc1cccc(CN2CCC(CC(=O)NN)CC2)c1.Cl. The van der Waals surface area contributed by atoms with E-state index >= 15 is 0 Å². The Morgan fingerprint density at radius 1 is 1.40 bits per heavy atom. The predicted octanol–water partition coefficient (Wildman–Crippen LogP) is 2.01. The predicted molar refractivity (Wildman–Crippen MR) is 83.4 cm³/mol. The van der Waals surface area contributed by atoms with Crippen LogP contribution >= 0.6 is 12.4 Å². The average molecular weight is 298 g/mol. The molecule has 1 aliphatic rings. The first-order valence-electron chi connectivity index (χ1n) is 6.94. The third-order valence-corrected chi connectivity index (χ3v) is 3.83. The molecular formula is C15H24ClN3O. The van der Waals surface area contributed by atoms with Crippen molar-refractivity contribution in [1.82, 2.24) is 10.3 Å². The average Bonchev–Trinajstić information content (AvgIpc) is 2.41. The van der Waals surface area contributed by atoms with Crippen molar-refractivity contribution in [3.8, 4) is 0 Å². The van der Waals surface area contributed by atoms with E-state index in [0.29, 0.717) is 12.3 Å².